The number of aromatic amines is 1. The van der Waals surface area contributed by atoms with Gasteiger partial charge in [-0.2, -0.15) is 0 Å². The maximum absolute atomic E-state index is 11.7. The summed E-state index contributed by atoms with van der Waals surface area (Å²) in [6.07, 6.45) is 4.62. The molecule has 1 saturated heterocycles. The van der Waals surface area contributed by atoms with Crippen molar-refractivity contribution in [1.82, 2.24) is 20.6 Å². The Hall–Kier alpha value is -3.67. The molecule has 0 aliphatic carbocycles. The molecule has 0 bridgehead atoms. The van der Waals surface area contributed by atoms with Gasteiger partial charge in [-0.1, -0.05) is 36.0 Å². The minimum absolute atomic E-state index is 0.244. The predicted molar refractivity (Wildman–Crippen MR) is 135 cm³/mol. The van der Waals surface area contributed by atoms with Crippen LogP contribution in [0.2, 0.25) is 0 Å². The molecule has 36 heavy (non-hydrogen) atoms. The van der Waals surface area contributed by atoms with Crippen molar-refractivity contribution in [2.24, 2.45) is 5.73 Å². The normalized spacial score (nSPS) is 17.0. The first kappa shape index (κ1) is 25.4. The summed E-state index contributed by atoms with van der Waals surface area (Å²) >= 11 is 1.01. The number of hydrogen-bond donors (Lipinski definition) is 5. The number of aliphatic carboxylic acids is 1. The van der Waals surface area contributed by atoms with Crippen LogP contribution in [0.5, 0.6) is 11.5 Å². The van der Waals surface area contributed by atoms with Gasteiger partial charge in [-0.15, -0.1) is 0 Å². The van der Waals surface area contributed by atoms with Crippen LogP contribution in [-0.2, 0) is 28.9 Å². The van der Waals surface area contributed by atoms with E-state index in [1.54, 1.807) is 36.8 Å². The molecule has 6 N–H and O–H groups in total. The van der Waals surface area contributed by atoms with Crippen LogP contribution in [0.4, 0.5) is 4.79 Å². The van der Waals surface area contributed by atoms with Gasteiger partial charge in [-0.05, 0) is 48.2 Å². The second-order valence-electron chi connectivity index (χ2n) is 8.52. The van der Waals surface area contributed by atoms with Crippen LogP contribution in [0.25, 0.3) is 0 Å². The summed E-state index contributed by atoms with van der Waals surface area (Å²) in [6, 6.07) is 13.6. The lowest BCUT2D eigenvalue weighted by Crippen LogP contribution is -2.45. The molecule has 3 unspecified atom stereocenters. The number of carboxylic acid groups (broad SMARTS) is 1. The third kappa shape index (κ3) is 7.17. The van der Waals surface area contributed by atoms with Crippen molar-refractivity contribution in [3.05, 3.63) is 77.9 Å². The Bertz CT molecular complexity index is 1180. The number of thioether (sulfide) groups is 1. The van der Waals surface area contributed by atoms with E-state index in [0.29, 0.717) is 37.3 Å². The van der Waals surface area contributed by atoms with Crippen molar-refractivity contribution in [2.45, 2.75) is 36.6 Å². The van der Waals surface area contributed by atoms with E-state index in [-0.39, 0.29) is 17.2 Å². The minimum Gasteiger partial charge on any atom is -0.480 e. The van der Waals surface area contributed by atoms with E-state index in [1.165, 1.54) is 0 Å². The van der Waals surface area contributed by atoms with Gasteiger partial charge in [-0.3, -0.25) is 19.7 Å². The number of ether oxygens (including phenoxy) is 1. The number of hydrogen-bond acceptors (Lipinski definition) is 8. The molecule has 0 spiro atoms. The number of carbonyl (C=O) groups is 3. The maximum atomic E-state index is 11.7. The number of amides is 2. The first-order chi connectivity index (χ1) is 17.4. The van der Waals surface area contributed by atoms with Gasteiger partial charge >= 0.3 is 5.97 Å². The lowest BCUT2D eigenvalue weighted by atomic mass is 10.0. The molecule has 1 fully saturated rings. The number of nitrogens with zero attached hydrogens (tertiary/aromatic N) is 1. The Morgan fingerprint density at radius 3 is 2.31 bits per heavy atom. The van der Waals surface area contributed by atoms with Crippen LogP contribution in [-0.4, -0.2) is 56.1 Å². The first-order valence-electron chi connectivity index (χ1n) is 11.4. The Labute approximate surface area is 212 Å². The van der Waals surface area contributed by atoms with Gasteiger partial charge in [0.2, 0.25) is 5.91 Å². The first-order valence-corrected chi connectivity index (χ1v) is 12.3. The number of imidazole rings is 1. The topological polar surface area (TPSA) is 159 Å². The molecule has 3 atom stereocenters. The van der Waals surface area contributed by atoms with Crippen LogP contribution in [0.1, 0.15) is 16.8 Å². The highest BCUT2D eigenvalue weighted by Crippen LogP contribution is 2.26. The largest absolute Gasteiger partial charge is 0.480 e. The summed E-state index contributed by atoms with van der Waals surface area (Å²) < 4.78 is 5.88. The molecule has 2 amide bonds. The Balaban J connectivity index is 1.27. The van der Waals surface area contributed by atoms with Crippen molar-refractivity contribution in [3.8, 4) is 11.5 Å². The zero-order valence-electron chi connectivity index (χ0n) is 19.3. The van der Waals surface area contributed by atoms with E-state index in [1.807, 2.05) is 24.3 Å². The molecule has 188 valence electrons. The fourth-order valence-electron chi connectivity index (χ4n) is 3.79. The summed E-state index contributed by atoms with van der Waals surface area (Å²) in [5, 5.41) is 14.2. The van der Waals surface area contributed by atoms with Crippen molar-refractivity contribution in [3.63, 3.8) is 0 Å². The van der Waals surface area contributed by atoms with Crippen molar-refractivity contribution in [1.29, 1.82) is 0 Å². The summed E-state index contributed by atoms with van der Waals surface area (Å²) in [6.45, 7) is 0.355. The zero-order valence-corrected chi connectivity index (χ0v) is 20.2. The van der Waals surface area contributed by atoms with E-state index in [9.17, 15) is 19.5 Å². The zero-order chi connectivity index (χ0) is 25.5. The van der Waals surface area contributed by atoms with Crippen molar-refractivity contribution in [2.75, 3.05) is 6.54 Å². The number of benzene rings is 2. The van der Waals surface area contributed by atoms with Crippen molar-refractivity contribution >= 4 is 28.9 Å². The SMILES string of the molecule is NC(CNC(Cc1ccc(Oc2ccc(CC3SC(=O)NC3=O)cc2)cc1)C(=O)O)Cc1cnc[nH]1. The molecule has 1 aliphatic rings. The molecule has 2 heterocycles. The summed E-state index contributed by atoms with van der Waals surface area (Å²) in [5.74, 6) is 0.0383. The number of carbonyl (C=O) groups excluding carboxylic acids is 2. The molecular formula is C25H27N5O5S. The average Bonchev–Trinajstić information content (AvgIpc) is 3.47. The number of rotatable bonds is 12. The van der Waals surface area contributed by atoms with Crippen LogP contribution < -0.4 is 21.1 Å². The molecular weight excluding hydrogens is 482 g/mol. The number of aromatic nitrogens is 2. The molecule has 3 aromatic rings. The quantitative estimate of drug-likeness (QED) is 0.247. The predicted octanol–water partition coefficient (Wildman–Crippen LogP) is 2.25. The van der Waals surface area contributed by atoms with E-state index in [0.717, 1.165) is 28.6 Å². The summed E-state index contributed by atoms with van der Waals surface area (Å²) in [4.78, 5) is 41.7. The lowest BCUT2D eigenvalue weighted by molar-refractivity contribution is -0.139. The number of nitrogens with two attached hydrogens (primary N) is 1. The molecule has 1 aromatic heterocycles. The minimum atomic E-state index is -0.943. The molecule has 10 nitrogen and oxygen atoms in total. The fourth-order valence-corrected chi connectivity index (χ4v) is 4.65. The molecule has 4 rings (SSSR count). The number of carboxylic acids is 1. The number of H-pyrrole nitrogens is 1. The Kier molecular flexibility index (Phi) is 8.36. The third-order valence-corrected chi connectivity index (χ3v) is 6.65. The molecule has 0 saturated carbocycles. The highest BCUT2D eigenvalue weighted by atomic mass is 32.2. The standard InChI is InChI=1S/C25H27N5O5S/c26-17(11-18-13-27-14-29-18)12-28-21(24(32)33)9-15-1-5-19(6-2-15)35-20-7-3-16(4-8-20)10-22-23(31)30-25(34)36-22/h1-8,13-14,17,21-22,28H,9-12,26H2,(H,27,29)(H,32,33)(H,30,31,34). The van der Waals surface area contributed by atoms with E-state index < -0.39 is 17.3 Å². The van der Waals surface area contributed by atoms with E-state index in [2.05, 4.69) is 20.6 Å². The van der Waals surface area contributed by atoms with Crippen LogP contribution in [0.3, 0.4) is 0 Å². The average molecular weight is 510 g/mol. The Morgan fingerprint density at radius 2 is 1.75 bits per heavy atom. The highest BCUT2D eigenvalue weighted by molar-refractivity contribution is 8.15. The third-order valence-electron chi connectivity index (χ3n) is 5.67. The summed E-state index contributed by atoms with van der Waals surface area (Å²) in [7, 11) is 0. The van der Waals surface area contributed by atoms with Gasteiger partial charge in [0.1, 0.15) is 17.5 Å². The van der Waals surface area contributed by atoms with Gasteiger partial charge in [0, 0.05) is 30.9 Å². The fraction of sp³-hybridized carbons (Fsp3) is 0.280. The van der Waals surface area contributed by atoms with Crippen LogP contribution in [0, 0.1) is 0 Å². The molecule has 1 aliphatic heterocycles. The molecule has 11 heteroatoms. The molecule has 0 radical (unpaired) electrons. The molecule has 2 aromatic carbocycles. The van der Waals surface area contributed by atoms with Gasteiger partial charge in [-0.25, -0.2) is 4.98 Å². The number of nitrogens with one attached hydrogen (secondary N) is 3. The second kappa shape index (κ2) is 11.8. The highest BCUT2D eigenvalue weighted by Gasteiger charge is 2.31. The second-order valence-corrected chi connectivity index (χ2v) is 9.70. The van der Waals surface area contributed by atoms with Gasteiger partial charge in [0.15, 0.2) is 0 Å². The Morgan fingerprint density at radius 1 is 1.08 bits per heavy atom. The van der Waals surface area contributed by atoms with E-state index in [4.69, 9.17) is 10.5 Å². The smallest absolute Gasteiger partial charge is 0.321 e. The monoisotopic (exact) mass is 509 g/mol. The van der Waals surface area contributed by atoms with Crippen molar-refractivity contribution < 1.29 is 24.2 Å². The van der Waals surface area contributed by atoms with E-state index >= 15 is 0 Å². The van der Waals surface area contributed by atoms with Crippen LogP contribution >= 0.6 is 11.8 Å². The summed E-state index contributed by atoms with van der Waals surface area (Å²) in [5.41, 5.74) is 8.79. The van der Waals surface area contributed by atoms with Gasteiger partial charge in [0.25, 0.3) is 5.24 Å². The maximum Gasteiger partial charge on any atom is 0.321 e. The lowest BCUT2D eigenvalue weighted by Gasteiger charge is -2.18. The number of imide groups is 1. The van der Waals surface area contributed by atoms with Gasteiger partial charge < -0.3 is 25.9 Å². The van der Waals surface area contributed by atoms with Gasteiger partial charge in [0.05, 0.1) is 11.6 Å². The van der Waals surface area contributed by atoms with Crippen LogP contribution in [0.15, 0.2) is 61.1 Å².